The van der Waals surface area contributed by atoms with Gasteiger partial charge in [-0.05, 0) is 46.6 Å². The van der Waals surface area contributed by atoms with E-state index in [1.165, 1.54) is 0 Å². The highest BCUT2D eigenvalue weighted by molar-refractivity contribution is 9.10. The number of benzene rings is 2. The molecule has 6 heteroatoms. The van der Waals surface area contributed by atoms with Crippen LogP contribution >= 0.6 is 15.9 Å². The third-order valence-corrected chi connectivity index (χ3v) is 4.92. The van der Waals surface area contributed by atoms with E-state index in [-0.39, 0.29) is 11.3 Å². The van der Waals surface area contributed by atoms with Gasteiger partial charge in [0, 0.05) is 16.4 Å². The number of nitrogens with zero attached hydrogens (tertiary/aromatic N) is 1. The molecule has 3 rings (SSSR count). The van der Waals surface area contributed by atoms with E-state index in [1.54, 1.807) is 41.0 Å². The van der Waals surface area contributed by atoms with Gasteiger partial charge in [0.2, 0.25) is 0 Å². The molecule has 0 saturated heterocycles. The number of halogens is 1. The summed E-state index contributed by atoms with van der Waals surface area (Å²) < 4.78 is 2.26. The summed E-state index contributed by atoms with van der Waals surface area (Å²) in [6.07, 6.45) is 1.72. The van der Waals surface area contributed by atoms with Crippen molar-refractivity contribution < 1.29 is 9.90 Å². The van der Waals surface area contributed by atoms with E-state index in [2.05, 4.69) is 21.2 Å². The van der Waals surface area contributed by atoms with Crippen LogP contribution in [0, 0.1) is 0 Å². The highest BCUT2D eigenvalue weighted by Crippen LogP contribution is 2.28. The van der Waals surface area contributed by atoms with Crippen molar-refractivity contribution in [1.29, 1.82) is 0 Å². The summed E-state index contributed by atoms with van der Waals surface area (Å²) in [6, 6.07) is 14.2. The Morgan fingerprint density at radius 2 is 1.85 bits per heavy atom. The maximum atomic E-state index is 13.0. The SMILES string of the molecule is CCCCn1c(=O)c(C(=O)Nc2ccccc2Br)c(O)c2ccccc21. The Kier molecular flexibility index (Phi) is 5.42. The lowest BCUT2D eigenvalue weighted by Gasteiger charge is -2.15. The average molecular weight is 415 g/mol. The standard InChI is InChI=1S/C20H19BrN2O3/c1-2-3-12-23-16-11-7-4-8-13(16)18(24)17(20(23)26)19(25)22-15-10-6-5-9-14(15)21/h4-11,24H,2-3,12H2,1H3,(H,22,25). The normalized spacial score (nSPS) is 10.8. The quantitative estimate of drug-likeness (QED) is 0.644. The number of carbonyl (C=O) groups excluding carboxylic acids is 1. The molecule has 134 valence electrons. The van der Waals surface area contributed by atoms with Crippen LogP contribution in [0.4, 0.5) is 5.69 Å². The lowest BCUT2D eigenvalue weighted by molar-refractivity contribution is 0.102. The summed E-state index contributed by atoms with van der Waals surface area (Å²) in [7, 11) is 0. The molecule has 0 saturated carbocycles. The molecule has 2 N–H and O–H groups in total. The second kappa shape index (κ2) is 7.74. The molecule has 5 nitrogen and oxygen atoms in total. The Morgan fingerprint density at radius 3 is 2.58 bits per heavy atom. The topological polar surface area (TPSA) is 71.3 Å². The van der Waals surface area contributed by atoms with Gasteiger partial charge in [0.1, 0.15) is 11.3 Å². The van der Waals surface area contributed by atoms with E-state index in [0.29, 0.717) is 27.6 Å². The van der Waals surface area contributed by atoms with Crippen LogP contribution in [0.25, 0.3) is 10.9 Å². The number of amides is 1. The van der Waals surface area contributed by atoms with Crippen molar-refractivity contribution in [2.24, 2.45) is 0 Å². The van der Waals surface area contributed by atoms with Crippen molar-refractivity contribution in [3.8, 4) is 5.75 Å². The first-order valence-corrected chi connectivity index (χ1v) is 9.24. The molecule has 0 aliphatic heterocycles. The van der Waals surface area contributed by atoms with Crippen molar-refractivity contribution in [2.45, 2.75) is 26.3 Å². The van der Waals surface area contributed by atoms with Crippen LogP contribution in [-0.4, -0.2) is 15.6 Å². The molecule has 0 spiro atoms. The number of fused-ring (bicyclic) bond motifs is 1. The molecule has 0 fully saturated rings. The molecule has 0 aliphatic carbocycles. The van der Waals surface area contributed by atoms with Gasteiger partial charge in [0.25, 0.3) is 11.5 Å². The average Bonchev–Trinajstić information content (AvgIpc) is 2.64. The molecule has 0 bridgehead atoms. The molecular formula is C20H19BrN2O3. The minimum Gasteiger partial charge on any atom is -0.506 e. The van der Waals surface area contributed by atoms with Crippen molar-refractivity contribution >= 4 is 38.4 Å². The van der Waals surface area contributed by atoms with Gasteiger partial charge in [-0.2, -0.15) is 0 Å². The molecule has 0 atom stereocenters. The fourth-order valence-corrected chi connectivity index (χ4v) is 3.26. The number of rotatable bonds is 5. The smallest absolute Gasteiger partial charge is 0.267 e. The summed E-state index contributed by atoms with van der Waals surface area (Å²) in [5.74, 6) is -0.918. The maximum Gasteiger partial charge on any atom is 0.267 e. The number of hydrogen-bond acceptors (Lipinski definition) is 3. The van der Waals surface area contributed by atoms with Crippen LogP contribution in [-0.2, 0) is 6.54 Å². The first-order valence-electron chi connectivity index (χ1n) is 8.45. The third kappa shape index (κ3) is 3.37. The zero-order valence-electron chi connectivity index (χ0n) is 14.3. The van der Waals surface area contributed by atoms with Crippen molar-refractivity contribution in [3.05, 3.63) is 68.9 Å². The molecule has 1 aromatic heterocycles. The van der Waals surface area contributed by atoms with Crippen molar-refractivity contribution in [2.75, 3.05) is 5.32 Å². The highest BCUT2D eigenvalue weighted by Gasteiger charge is 2.22. The number of aromatic nitrogens is 1. The number of aromatic hydroxyl groups is 1. The number of anilines is 1. The van der Waals surface area contributed by atoms with Gasteiger partial charge in [-0.15, -0.1) is 0 Å². The van der Waals surface area contributed by atoms with Crippen LogP contribution in [0.1, 0.15) is 30.1 Å². The van der Waals surface area contributed by atoms with Crippen molar-refractivity contribution in [3.63, 3.8) is 0 Å². The minimum atomic E-state index is -0.629. The van der Waals surface area contributed by atoms with E-state index in [9.17, 15) is 14.7 Å². The number of para-hydroxylation sites is 2. The Balaban J connectivity index is 2.14. The van der Waals surface area contributed by atoms with E-state index >= 15 is 0 Å². The second-order valence-electron chi connectivity index (χ2n) is 5.99. The number of carbonyl (C=O) groups is 1. The van der Waals surface area contributed by atoms with E-state index in [0.717, 1.165) is 12.8 Å². The predicted octanol–water partition coefficient (Wildman–Crippen LogP) is 4.52. The zero-order chi connectivity index (χ0) is 18.7. The minimum absolute atomic E-state index is 0.240. The lowest BCUT2D eigenvalue weighted by Crippen LogP contribution is -2.30. The summed E-state index contributed by atoms with van der Waals surface area (Å²) in [4.78, 5) is 25.7. The Hall–Kier alpha value is -2.60. The predicted molar refractivity (Wildman–Crippen MR) is 107 cm³/mol. The van der Waals surface area contributed by atoms with Gasteiger partial charge in [-0.25, -0.2) is 0 Å². The fraction of sp³-hybridized carbons (Fsp3) is 0.200. The Bertz CT molecular complexity index is 1030. The number of pyridine rings is 1. The van der Waals surface area contributed by atoms with Gasteiger partial charge >= 0.3 is 0 Å². The van der Waals surface area contributed by atoms with Gasteiger partial charge in [0.05, 0.1) is 11.2 Å². The van der Waals surface area contributed by atoms with Gasteiger partial charge in [-0.1, -0.05) is 37.6 Å². The van der Waals surface area contributed by atoms with E-state index in [1.807, 2.05) is 19.1 Å². The lowest BCUT2D eigenvalue weighted by atomic mass is 10.1. The van der Waals surface area contributed by atoms with Gasteiger partial charge < -0.3 is 15.0 Å². The molecule has 0 aliphatic rings. The third-order valence-electron chi connectivity index (χ3n) is 4.23. The first-order chi connectivity index (χ1) is 12.5. The fourth-order valence-electron chi connectivity index (χ4n) is 2.88. The molecule has 26 heavy (non-hydrogen) atoms. The number of aryl methyl sites for hydroxylation is 1. The molecule has 2 aromatic carbocycles. The number of unbranched alkanes of at least 4 members (excludes halogenated alkanes) is 1. The summed E-state index contributed by atoms with van der Waals surface area (Å²) >= 11 is 3.36. The molecular weight excluding hydrogens is 396 g/mol. The number of hydrogen-bond donors (Lipinski definition) is 2. The molecule has 1 amide bonds. The van der Waals surface area contributed by atoms with Crippen LogP contribution in [0.3, 0.4) is 0 Å². The largest absolute Gasteiger partial charge is 0.506 e. The van der Waals surface area contributed by atoms with Crippen LogP contribution in [0.5, 0.6) is 5.75 Å². The maximum absolute atomic E-state index is 13.0. The Morgan fingerprint density at radius 1 is 1.15 bits per heavy atom. The van der Waals surface area contributed by atoms with Gasteiger partial charge in [0.15, 0.2) is 0 Å². The second-order valence-corrected chi connectivity index (χ2v) is 6.84. The molecule has 1 heterocycles. The monoisotopic (exact) mass is 414 g/mol. The summed E-state index contributed by atoms with van der Waals surface area (Å²) in [5, 5.41) is 13.8. The first kappa shape index (κ1) is 18.2. The van der Waals surface area contributed by atoms with Crippen LogP contribution in [0.15, 0.2) is 57.8 Å². The van der Waals surface area contributed by atoms with Crippen LogP contribution in [0.2, 0.25) is 0 Å². The van der Waals surface area contributed by atoms with E-state index < -0.39 is 11.5 Å². The van der Waals surface area contributed by atoms with Crippen LogP contribution < -0.4 is 10.9 Å². The summed E-state index contributed by atoms with van der Waals surface area (Å²) in [6.45, 7) is 2.53. The van der Waals surface area contributed by atoms with Gasteiger partial charge in [-0.3, -0.25) is 9.59 Å². The molecule has 0 unspecified atom stereocenters. The van der Waals surface area contributed by atoms with E-state index in [4.69, 9.17) is 0 Å². The molecule has 0 radical (unpaired) electrons. The molecule has 3 aromatic rings. The highest BCUT2D eigenvalue weighted by atomic mass is 79.9. The number of nitrogens with one attached hydrogen (secondary N) is 1. The Labute approximate surface area is 159 Å². The summed E-state index contributed by atoms with van der Waals surface area (Å²) in [5.41, 5.74) is 0.431. The zero-order valence-corrected chi connectivity index (χ0v) is 15.9. The van der Waals surface area contributed by atoms with Crippen molar-refractivity contribution in [1.82, 2.24) is 4.57 Å².